The number of rotatable bonds is 0. The van der Waals surface area contributed by atoms with Gasteiger partial charge in [0.2, 0.25) is 0 Å². The third-order valence-corrected chi connectivity index (χ3v) is 0.433. The van der Waals surface area contributed by atoms with Crippen LogP contribution in [-0.2, 0) is 0 Å². The maximum absolute atomic E-state index is 4.70. The van der Waals surface area contributed by atoms with Crippen LogP contribution in [0.4, 0.5) is 0 Å². The van der Waals surface area contributed by atoms with Crippen LogP contribution in [0.1, 0.15) is 0 Å². The lowest BCUT2D eigenvalue weighted by molar-refractivity contribution is 1.49. The summed E-state index contributed by atoms with van der Waals surface area (Å²) in [4.78, 5) is 2.60. The molecular weight excluding hydrogens is 66.1 g/mol. The van der Waals surface area contributed by atoms with Crippen molar-refractivity contribution in [1.82, 2.24) is 4.98 Å². The predicted molar refractivity (Wildman–Crippen MR) is 21.9 cm³/mol. The highest BCUT2D eigenvalue weighted by molar-refractivity contribution is 6.05. The van der Waals surface area contributed by atoms with Crippen molar-refractivity contribution < 1.29 is 0 Å². The Morgan fingerprint density at radius 2 is 2.25 bits per heavy atom. The monoisotopic (exact) mass is 71.0 g/mol. The second-order valence-corrected chi connectivity index (χ2v) is 0.894. The van der Waals surface area contributed by atoms with E-state index in [-0.39, 0.29) is 0 Å². The molecule has 0 saturated heterocycles. The van der Waals surface area contributed by atoms with Crippen molar-refractivity contribution >= 4 is 10.4 Å². The van der Waals surface area contributed by atoms with Gasteiger partial charge in [0.1, 0.15) is 10.4 Å². The summed E-state index contributed by atoms with van der Waals surface area (Å²) < 4.78 is 0. The average Bonchev–Trinajstić information content (AvgIpc) is 1.37. The molecule has 1 N–H and O–H groups in total. The van der Waals surface area contributed by atoms with Crippen LogP contribution in [0.2, 0.25) is 0 Å². The van der Waals surface area contributed by atoms with Crippen molar-refractivity contribution in [1.29, 1.82) is 0 Å². The Balaban J connectivity index is 2.43. The quantitative estimate of drug-likeness (QED) is 0.207. The van der Waals surface area contributed by atoms with Gasteiger partial charge in [0.25, 0.3) is 0 Å². The van der Waals surface area contributed by atoms with Crippen molar-refractivity contribution in [2.75, 3.05) is 0 Å². The first-order valence-electron chi connectivity index (χ1n) is 1.04. The van der Waals surface area contributed by atoms with Crippen molar-refractivity contribution in [2.45, 2.75) is 0 Å². The molecule has 0 radical (unpaired) electrons. The third kappa shape index (κ3) is 1.58. The van der Waals surface area contributed by atoms with Gasteiger partial charge in [-0.2, -0.15) is 0 Å². The molecule has 0 saturated carbocycles. The molecule has 0 aliphatic heterocycles. The lowest BCUT2D eigenvalue weighted by atomic mass is 11.2. The van der Waals surface area contributed by atoms with Crippen molar-refractivity contribution in [2.24, 2.45) is 0 Å². The summed E-state index contributed by atoms with van der Waals surface area (Å²) in [6.45, 7) is 0. The Morgan fingerprint density at radius 1 is 2.00 bits per heavy atom. The number of terminal acetylenes is 1. The Labute approximate surface area is 28.9 Å². The number of nitrogens with one attached hydrogen (secondary N) is 1. The van der Waals surface area contributed by atoms with E-state index in [0.717, 1.165) is 10.4 Å². The third-order valence-electron chi connectivity index (χ3n) is 0.144. The van der Waals surface area contributed by atoms with Gasteiger partial charge in [-0.1, -0.05) is 6.42 Å². The molecule has 0 aliphatic rings. The average molecular weight is 71.2 g/mol. The lowest BCUT2D eigenvalue weighted by Gasteiger charge is -1.65. The molecule has 0 unspecified atom stereocenters. The molecule has 0 heterocycles. The summed E-state index contributed by atoms with van der Waals surface area (Å²) in [5, 5.41) is 0. The van der Waals surface area contributed by atoms with Crippen LogP contribution >= 0.6 is 0 Å². The second kappa shape index (κ2) is 2.58. The molecule has 2 heteroatoms. The molecule has 0 atom stereocenters. The molecule has 4 heavy (non-hydrogen) atoms. The summed E-state index contributed by atoms with van der Waals surface area (Å²) in [5.74, 6) is 0. The molecular formula is C2H5NSi. The standard InChI is InChI=1S/C2H5NSi/c1-2-3-4/h1,3H,4H3. The molecule has 0 spiro atoms. The van der Waals surface area contributed by atoms with E-state index in [2.05, 4.69) is 11.0 Å². The van der Waals surface area contributed by atoms with Gasteiger partial charge in [0, 0.05) is 0 Å². The van der Waals surface area contributed by atoms with E-state index >= 15 is 0 Å². The molecule has 0 aromatic carbocycles. The summed E-state index contributed by atoms with van der Waals surface area (Å²) in [6.07, 6.45) is 4.70. The molecule has 0 aliphatic carbocycles. The maximum atomic E-state index is 4.70. The normalized spacial score (nSPS) is 4.75. The van der Waals surface area contributed by atoms with E-state index in [1.54, 1.807) is 0 Å². The van der Waals surface area contributed by atoms with Gasteiger partial charge in [-0.25, -0.2) is 0 Å². The van der Waals surface area contributed by atoms with Crippen LogP contribution < -0.4 is 4.98 Å². The Morgan fingerprint density at radius 3 is 2.25 bits per heavy atom. The Kier molecular flexibility index (Phi) is 2.30. The zero-order valence-electron chi connectivity index (χ0n) is 2.58. The summed E-state index contributed by atoms with van der Waals surface area (Å²) in [5.41, 5.74) is 0. The van der Waals surface area contributed by atoms with E-state index < -0.39 is 0 Å². The minimum atomic E-state index is 0.904. The highest BCUT2D eigenvalue weighted by Crippen LogP contribution is 1.14. The van der Waals surface area contributed by atoms with Gasteiger partial charge in [-0.3, -0.25) is 0 Å². The van der Waals surface area contributed by atoms with Gasteiger partial charge in [-0.05, 0) is 6.04 Å². The molecule has 22 valence electrons. The van der Waals surface area contributed by atoms with Crippen LogP contribution in [0, 0.1) is 12.5 Å². The van der Waals surface area contributed by atoms with Gasteiger partial charge < -0.3 is 4.98 Å². The van der Waals surface area contributed by atoms with E-state index in [9.17, 15) is 0 Å². The highest BCUT2D eigenvalue weighted by atomic mass is 28.2. The lowest BCUT2D eigenvalue weighted by Crippen LogP contribution is -1.93. The van der Waals surface area contributed by atoms with Crippen molar-refractivity contribution in [3.8, 4) is 12.5 Å². The summed E-state index contributed by atoms with van der Waals surface area (Å²) in [7, 11) is 0.904. The number of hydrogen-bond donors (Lipinski definition) is 1. The predicted octanol–water partition coefficient (Wildman–Crippen LogP) is -1.55. The topological polar surface area (TPSA) is 12.0 Å². The van der Waals surface area contributed by atoms with Crippen LogP contribution in [-0.4, -0.2) is 10.4 Å². The van der Waals surface area contributed by atoms with Crippen LogP contribution in [0.5, 0.6) is 0 Å². The van der Waals surface area contributed by atoms with E-state index in [4.69, 9.17) is 6.42 Å². The molecule has 0 aromatic rings. The summed E-state index contributed by atoms with van der Waals surface area (Å²) >= 11 is 0. The van der Waals surface area contributed by atoms with E-state index in [1.807, 2.05) is 0 Å². The molecule has 0 bridgehead atoms. The number of hydrogen-bond acceptors (Lipinski definition) is 1. The largest absolute Gasteiger partial charge is 0.381 e. The van der Waals surface area contributed by atoms with Gasteiger partial charge in [0.15, 0.2) is 0 Å². The first kappa shape index (κ1) is 3.58. The molecule has 0 aromatic heterocycles. The van der Waals surface area contributed by atoms with Crippen LogP contribution in [0.3, 0.4) is 0 Å². The van der Waals surface area contributed by atoms with E-state index in [1.165, 1.54) is 0 Å². The Hall–Kier alpha value is -0.423. The van der Waals surface area contributed by atoms with Gasteiger partial charge in [-0.15, -0.1) is 0 Å². The fourth-order valence-corrected chi connectivity index (χ4v) is 0. The first-order chi connectivity index (χ1) is 1.91. The maximum Gasteiger partial charge on any atom is 0.114 e. The highest BCUT2D eigenvalue weighted by Gasteiger charge is 1.34. The minimum Gasteiger partial charge on any atom is -0.381 e. The van der Waals surface area contributed by atoms with Crippen molar-refractivity contribution in [3.63, 3.8) is 0 Å². The van der Waals surface area contributed by atoms with E-state index in [0.29, 0.717) is 0 Å². The molecule has 1 nitrogen and oxygen atoms in total. The Bertz CT molecular complexity index is 35.8. The molecule has 0 amide bonds. The first-order valence-corrected chi connectivity index (χ1v) is 2.04. The SMILES string of the molecule is C#CN[SiH3]. The smallest absolute Gasteiger partial charge is 0.114 e. The van der Waals surface area contributed by atoms with Gasteiger partial charge >= 0.3 is 0 Å². The van der Waals surface area contributed by atoms with Crippen LogP contribution in [0.15, 0.2) is 0 Å². The second-order valence-electron chi connectivity index (χ2n) is 0.394. The fraction of sp³-hybridized carbons (Fsp3) is 0. The van der Waals surface area contributed by atoms with Gasteiger partial charge in [0.05, 0.1) is 0 Å². The van der Waals surface area contributed by atoms with Crippen LogP contribution in [0.25, 0.3) is 0 Å². The zero-order valence-corrected chi connectivity index (χ0v) is 4.58. The molecule has 0 fully saturated rings. The van der Waals surface area contributed by atoms with Crippen molar-refractivity contribution in [3.05, 3.63) is 0 Å². The fourth-order valence-electron chi connectivity index (χ4n) is 0. The minimum absolute atomic E-state index is 0.904. The summed E-state index contributed by atoms with van der Waals surface area (Å²) in [6, 6.07) is 2.24. The molecule has 0 rings (SSSR count). The zero-order chi connectivity index (χ0) is 3.41.